The van der Waals surface area contributed by atoms with E-state index >= 15 is 0 Å². The number of rotatable bonds is 4. The van der Waals surface area contributed by atoms with Crippen LogP contribution in [0.2, 0.25) is 0 Å². The lowest BCUT2D eigenvalue weighted by atomic mass is 10.1. The number of nitro groups is 1. The lowest BCUT2D eigenvalue weighted by Crippen LogP contribution is -2.27. The summed E-state index contributed by atoms with van der Waals surface area (Å²) in [5.41, 5.74) is 2.58. The molecule has 1 atom stereocenters. The number of sulfone groups is 1. The Labute approximate surface area is 134 Å². The van der Waals surface area contributed by atoms with Crippen molar-refractivity contribution in [1.82, 2.24) is 5.43 Å². The van der Waals surface area contributed by atoms with Crippen LogP contribution in [0.25, 0.3) is 0 Å². The number of nitrogens with one attached hydrogen (secondary N) is 1. The summed E-state index contributed by atoms with van der Waals surface area (Å²) in [7, 11) is -3.13. The standard InChI is InChI=1S/C12H12BrN3O5S/c13-10-2-1-8(5-11(10)16(18)19)6-14-15-12(17)9-3-4-22(20,21)7-9/h1-2,5-6,9H,3-4,7H2,(H,15,17)/b14-6-/t9-/m0/s1. The van der Waals surface area contributed by atoms with Crippen molar-refractivity contribution in [3.63, 3.8) is 0 Å². The van der Waals surface area contributed by atoms with E-state index in [2.05, 4.69) is 26.5 Å². The van der Waals surface area contributed by atoms with Crippen LogP contribution in [0.15, 0.2) is 27.8 Å². The van der Waals surface area contributed by atoms with Crippen molar-refractivity contribution in [3.8, 4) is 0 Å². The number of halogens is 1. The van der Waals surface area contributed by atoms with Gasteiger partial charge in [-0.15, -0.1) is 0 Å². The van der Waals surface area contributed by atoms with E-state index in [4.69, 9.17) is 0 Å². The number of hydrogen-bond donors (Lipinski definition) is 1. The largest absolute Gasteiger partial charge is 0.284 e. The van der Waals surface area contributed by atoms with E-state index in [1.807, 2.05) is 0 Å². The molecule has 22 heavy (non-hydrogen) atoms. The summed E-state index contributed by atoms with van der Waals surface area (Å²) in [4.78, 5) is 22.0. The molecule has 0 aromatic heterocycles. The van der Waals surface area contributed by atoms with E-state index < -0.39 is 26.6 Å². The molecule has 1 aliphatic rings. The van der Waals surface area contributed by atoms with E-state index in [0.29, 0.717) is 10.0 Å². The van der Waals surface area contributed by atoms with E-state index in [-0.39, 0.29) is 23.6 Å². The maximum absolute atomic E-state index is 11.7. The molecule has 0 radical (unpaired) electrons. The van der Waals surface area contributed by atoms with E-state index in [1.54, 1.807) is 6.07 Å². The number of hydrogen-bond acceptors (Lipinski definition) is 6. The maximum Gasteiger partial charge on any atom is 0.284 e. The van der Waals surface area contributed by atoms with Gasteiger partial charge in [0, 0.05) is 11.6 Å². The van der Waals surface area contributed by atoms with Gasteiger partial charge in [-0.2, -0.15) is 5.10 Å². The van der Waals surface area contributed by atoms with Crippen LogP contribution in [0, 0.1) is 16.0 Å². The van der Waals surface area contributed by atoms with Crippen molar-refractivity contribution in [2.45, 2.75) is 6.42 Å². The third-order valence-corrected chi connectivity index (χ3v) is 5.60. The molecule has 0 spiro atoms. The second kappa shape index (κ2) is 6.53. The van der Waals surface area contributed by atoms with Gasteiger partial charge in [-0.1, -0.05) is 6.07 Å². The molecule has 1 aliphatic heterocycles. The second-order valence-electron chi connectivity index (χ2n) is 4.80. The smallest absolute Gasteiger partial charge is 0.273 e. The van der Waals surface area contributed by atoms with Crippen LogP contribution in [-0.4, -0.2) is 37.0 Å². The summed E-state index contributed by atoms with van der Waals surface area (Å²) < 4.78 is 22.9. The van der Waals surface area contributed by atoms with Crippen LogP contribution in [0.3, 0.4) is 0 Å². The fourth-order valence-corrected chi connectivity index (χ4v) is 4.15. The highest BCUT2D eigenvalue weighted by atomic mass is 79.9. The number of nitro benzene ring substituents is 1. The summed E-state index contributed by atoms with van der Waals surface area (Å²) in [6.07, 6.45) is 1.55. The van der Waals surface area contributed by atoms with Gasteiger partial charge in [0.25, 0.3) is 5.69 Å². The molecule has 118 valence electrons. The highest BCUT2D eigenvalue weighted by Crippen LogP contribution is 2.25. The molecule has 10 heteroatoms. The summed E-state index contributed by atoms with van der Waals surface area (Å²) >= 11 is 3.06. The molecule has 0 aliphatic carbocycles. The molecular formula is C12H12BrN3O5S. The Morgan fingerprint density at radius 3 is 2.82 bits per heavy atom. The number of benzene rings is 1. The van der Waals surface area contributed by atoms with Crippen LogP contribution in [-0.2, 0) is 14.6 Å². The molecule has 2 rings (SSSR count). The summed E-state index contributed by atoms with van der Waals surface area (Å²) in [6.45, 7) is 0. The second-order valence-corrected chi connectivity index (χ2v) is 7.89. The molecule has 1 N–H and O–H groups in total. The first-order valence-electron chi connectivity index (χ1n) is 6.26. The molecule has 1 aromatic carbocycles. The van der Waals surface area contributed by atoms with Gasteiger partial charge in [-0.25, -0.2) is 13.8 Å². The van der Waals surface area contributed by atoms with Gasteiger partial charge in [0.05, 0.1) is 33.0 Å². The van der Waals surface area contributed by atoms with Crippen LogP contribution in [0.1, 0.15) is 12.0 Å². The van der Waals surface area contributed by atoms with Crippen molar-refractivity contribution in [3.05, 3.63) is 38.3 Å². The monoisotopic (exact) mass is 389 g/mol. The molecule has 1 heterocycles. The highest BCUT2D eigenvalue weighted by molar-refractivity contribution is 9.10. The van der Waals surface area contributed by atoms with Gasteiger partial charge in [0.2, 0.25) is 5.91 Å². The quantitative estimate of drug-likeness (QED) is 0.471. The van der Waals surface area contributed by atoms with Gasteiger partial charge in [0.1, 0.15) is 0 Å². The van der Waals surface area contributed by atoms with Gasteiger partial charge in [-0.3, -0.25) is 14.9 Å². The Balaban J connectivity index is 2.00. The molecular weight excluding hydrogens is 378 g/mol. The fraction of sp³-hybridized carbons (Fsp3) is 0.333. The Hall–Kier alpha value is -1.81. The van der Waals surface area contributed by atoms with Crippen molar-refractivity contribution in [2.24, 2.45) is 11.0 Å². The molecule has 8 nitrogen and oxygen atoms in total. The van der Waals surface area contributed by atoms with Crippen molar-refractivity contribution in [2.75, 3.05) is 11.5 Å². The third kappa shape index (κ3) is 4.10. The minimum Gasteiger partial charge on any atom is -0.273 e. The molecule has 1 amide bonds. The predicted octanol–water partition coefficient (Wildman–Crippen LogP) is 1.24. The van der Waals surface area contributed by atoms with Gasteiger partial charge in [-0.05, 0) is 28.4 Å². The Kier molecular flexibility index (Phi) is 4.91. The first-order chi connectivity index (χ1) is 10.3. The first-order valence-corrected chi connectivity index (χ1v) is 8.87. The van der Waals surface area contributed by atoms with Gasteiger partial charge in [0.15, 0.2) is 9.84 Å². The van der Waals surface area contributed by atoms with Crippen molar-refractivity contribution >= 4 is 43.6 Å². The predicted molar refractivity (Wildman–Crippen MR) is 83.3 cm³/mol. The zero-order chi connectivity index (χ0) is 16.3. The maximum atomic E-state index is 11.7. The number of hydrazone groups is 1. The molecule has 1 aromatic rings. The van der Waals surface area contributed by atoms with E-state index in [0.717, 1.165) is 0 Å². The first kappa shape index (κ1) is 16.6. The third-order valence-electron chi connectivity index (χ3n) is 3.16. The Morgan fingerprint density at radius 1 is 1.50 bits per heavy atom. The van der Waals surface area contributed by atoms with Gasteiger partial charge >= 0.3 is 0 Å². The zero-order valence-electron chi connectivity index (χ0n) is 11.2. The zero-order valence-corrected chi connectivity index (χ0v) is 13.6. The molecule has 1 fully saturated rings. The Bertz CT molecular complexity index is 747. The van der Waals surface area contributed by atoms with Crippen LogP contribution in [0.5, 0.6) is 0 Å². The van der Waals surface area contributed by atoms with Crippen LogP contribution in [0.4, 0.5) is 5.69 Å². The number of carbonyl (C=O) groups excluding carboxylic acids is 1. The fourth-order valence-electron chi connectivity index (χ4n) is 2.01. The minimum absolute atomic E-state index is 0.00765. The number of nitrogens with zero attached hydrogens (tertiary/aromatic N) is 2. The topological polar surface area (TPSA) is 119 Å². The van der Waals surface area contributed by atoms with E-state index in [9.17, 15) is 23.3 Å². The van der Waals surface area contributed by atoms with E-state index in [1.165, 1.54) is 18.3 Å². The van der Waals surface area contributed by atoms with Crippen molar-refractivity contribution < 1.29 is 18.1 Å². The Morgan fingerprint density at radius 2 is 2.23 bits per heavy atom. The molecule has 0 saturated carbocycles. The molecule has 1 saturated heterocycles. The lowest BCUT2D eigenvalue weighted by molar-refractivity contribution is -0.385. The SMILES string of the molecule is O=C(N/N=C\c1ccc(Br)c([N+](=O)[O-])c1)[C@H]1CCS(=O)(=O)C1. The summed E-state index contributed by atoms with van der Waals surface area (Å²) in [5, 5.41) is 14.5. The number of carbonyl (C=O) groups is 1. The summed E-state index contributed by atoms with van der Waals surface area (Å²) in [6, 6.07) is 4.40. The highest BCUT2D eigenvalue weighted by Gasteiger charge is 2.32. The van der Waals surface area contributed by atoms with Gasteiger partial charge < -0.3 is 0 Å². The average molecular weight is 390 g/mol. The summed E-state index contributed by atoms with van der Waals surface area (Å²) in [5.74, 6) is -1.23. The van der Waals surface area contributed by atoms with Crippen LogP contribution < -0.4 is 5.43 Å². The molecule has 0 unspecified atom stereocenters. The molecule has 0 bridgehead atoms. The average Bonchev–Trinajstić information content (AvgIpc) is 2.80. The lowest BCUT2D eigenvalue weighted by Gasteiger charge is -2.04. The number of amides is 1. The van der Waals surface area contributed by atoms with Crippen LogP contribution >= 0.6 is 15.9 Å². The van der Waals surface area contributed by atoms with Crippen molar-refractivity contribution in [1.29, 1.82) is 0 Å². The minimum atomic E-state index is -3.13. The normalized spacial score (nSPS) is 20.1.